The van der Waals surface area contributed by atoms with Crippen molar-refractivity contribution in [2.75, 3.05) is 9.80 Å². The molecule has 0 saturated carbocycles. The fourth-order valence-electron chi connectivity index (χ4n) is 20.2. The van der Waals surface area contributed by atoms with Crippen molar-refractivity contribution < 1.29 is 0 Å². The Kier molecular flexibility index (Phi) is 16.0. The van der Waals surface area contributed by atoms with Crippen molar-refractivity contribution >= 4 is 143 Å². The molecule has 2 aliphatic rings. The van der Waals surface area contributed by atoms with Gasteiger partial charge in [-0.2, -0.15) is 0 Å². The summed E-state index contributed by atoms with van der Waals surface area (Å²) in [5, 5.41) is 19.4. The van der Waals surface area contributed by atoms with E-state index in [1.807, 2.05) is 0 Å². The molecule has 0 amide bonds. The van der Waals surface area contributed by atoms with Gasteiger partial charge in [0.25, 0.3) is 6.71 Å². The van der Waals surface area contributed by atoms with Crippen molar-refractivity contribution in [1.82, 2.24) is 0 Å². The van der Waals surface area contributed by atoms with Gasteiger partial charge < -0.3 is 9.80 Å². The maximum atomic E-state index is 2.63. The first-order valence-electron chi connectivity index (χ1n) is 41.8. The van der Waals surface area contributed by atoms with Crippen molar-refractivity contribution in [3.8, 4) is 100 Å². The first-order valence-corrected chi connectivity index (χ1v) is 41.8. The van der Waals surface area contributed by atoms with Gasteiger partial charge in [0.05, 0.1) is 0 Å². The smallest absolute Gasteiger partial charge is 0.252 e. The van der Waals surface area contributed by atoms with Gasteiger partial charge in [-0.1, -0.05) is 340 Å². The van der Waals surface area contributed by atoms with E-state index in [1.165, 1.54) is 180 Å². The second kappa shape index (κ2) is 27.9. The van der Waals surface area contributed by atoms with Crippen molar-refractivity contribution in [3.05, 3.63) is 442 Å². The van der Waals surface area contributed by atoms with E-state index in [0.29, 0.717) is 0 Å². The van der Waals surface area contributed by atoms with Crippen LogP contribution in [0.1, 0.15) is 5.56 Å². The molecule has 0 bridgehead atoms. The number of fused-ring (bicyclic) bond motifs is 12. The fourth-order valence-corrected chi connectivity index (χ4v) is 20.2. The number of hydrogen-bond acceptors (Lipinski definition) is 2. The first kappa shape index (κ1) is 68.9. The van der Waals surface area contributed by atoms with Gasteiger partial charge in [0, 0.05) is 34.1 Å². The standard InChI is InChI=1S/C117H75BN2/c1-74-61-93(57-58-94(74)106-65-84-34-11-12-38-88(84)69-110(106)102-50-24-42-79-30-16-20-46-98(79)102)120-114-60-54-90(105-64-83-33-7-10-37-87(83)68-109(105)101-49-23-41-78-29-15-19-45-97(78)101)71-112(114)118-111-70-89(104-63-82-32-6-9-36-86(82)67-108(104)100-48-22-40-77-28-14-18-44-96(77)100)53-59-113(111)119(115-72-91(73-116(120)117(115)118)75-25-3-2-4-26-75)92-55-51-80(52-56-92)103-62-81-31-5-8-35-85(81)66-107(103)99-47-21-39-76-27-13-17-43-95(76)99/h2-73H,1H3. The minimum absolute atomic E-state index is 0.290. The lowest BCUT2D eigenvalue weighted by atomic mass is 9.33. The minimum Gasteiger partial charge on any atom is -0.311 e. The lowest BCUT2D eigenvalue weighted by Crippen LogP contribution is -2.61. The Bertz CT molecular complexity index is 7990. The summed E-state index contributed by atoms with van der Waals surface area (Å²) in [6.45, 7) is 2.04. The average molecular weight is 1520 g/mol. The van der Waals surface area contributed by atoms with E-state index in [0.717, 1.165) is 61.9 Å². The maximum Gasteiger partial charge on any atom is 0.252 e. The average Bonchev–Trinajstić information content (AvgIpc) is 0.689. The summed E-state index contributed by atoms with van der Waals surface area (Å²) in [5.41, 5.74) is 32.8. The third-order valence-corrected chi connectivity index (χ3v) is 25.9. The first-order chi connectivity index (χ1) is 59.4. The topological polar surface area (TPSA) is 6.48 Å². The molecule has 0 radical (unpaired) electrons. The molecule has 0 fully saturated rings. The molecule has 0 spiro atoms. The summed E-state index contributed by atoms with van der Waals surface area (Å²) < 4.78 is 0. The van der Waals surface area contributed by atoms with Crippen LogP contribution in [0.15, 0.2) is 437 Å². The fraction of sp³-hybridized carbons (Fsp3) is 0.00855. The van der Waals surface area contributed by atoms with Crippen LogP contribution in [0.3, 0.4) is 0 Å². The van der Waals surface area contributed by atoms with Crippen LogP contribution >= 0.6 is 0 Å². The van der Waals surface area contributed by atoms with Crippen LogP contribution < -0.4 is 26.2 Å². The lowest BCUT2D eigenvalue weighted by Gasteiger charge is -2.45. The molecule has 0 N–H and O–H groups in total. The van der Waals surface area contributed by atoms with Crippen molar-refractivity contribution in [2.24, 2.45) is 0 Å². The third-order valence-electron chi connectivity index (χ3n) is 25.9. The van der Waals surface area contributed by atoms with Crippen LogP contribution in [-0.2, 0) is 0 Å². The summed E-state index contributed by atoms with van der Waals surface area (Å²) in [5.74, 6) is 0. The zero-order valence-electron chi connectivity index (χ0n) is 66.0. The molecule has 120 heavy (non-hydrogen) atoms. The monoisotopic (exact) mass is 1520 g/mol. The molecule has 0 atom stereocenters. The molecular formula is C117H75BN2. The van der Waals surface area contributed by atoms with Crippen LogP contribution in [0.4, 0.5) is 34.1 Å². The summed E-state index contributed by atoms with van der Waals surface area (Å²) in [4.78, 5) is 5.24. The molecule has 2 aliphatic heterocycles. The lowest BCUT2D eigenvalue weighted by molar-refractivity contribution is 1.25. The normalized spacial score (nSPS) is 12.3. The van der Waals surface area contributed by atoms with E-state index in [-0.39, 0.29) is 6.71 Å². The van der Waals surface area contributed by atoms with Crippen LogP contribution in [0.2, 0.25) is 0 Å². The van der Waals surface area contributed by atoms with E-state index in [2.05, 4.69) is 454 Å². The summed E-state index contributed by atoms with van der Waals surface area (Å²) >= 11 is 0. The van der Waals surface area contributed by atoms with Gasteiger partial charge in [-0.05, 0) is 312 Å². The second-order valence-electron chi connectivity index (χ2n) is 32.6. The Labute approximate surface area is 697 Å². The van der Waals surface area contributed by atoms with E-state index in [1.54, 1.807) is 0 Å². The van der Waals surface area contributed by atoms with Gasteiger partial charge in [0.15, 0.2) is 0 Å². The quantitative estimate of drug-likeness (QED) is 0.119. The van der Waals surface area contributed by atoms with Gasteiger partial charge in [-0.25, -0.2) is 0 Å². The molecule has 0 aliphatic carbocycles. The van der Waals surface area contributed by atoms with Crippen LogP contribution in [0.25, 0.3) is 186 Å². The number of benzene rings is 22. The molecule has 24 rings (SSSR count). The van der Waals surface area contributed by atoms with Crippen molar-refractivity contribution in [2.45, 2.75) is 6.92 Å². The Balaban J connectivity index is 0.785. The van der Waals surface area contributed by atoms with E-state index in [9.17, 15) is 0 Å². The largest absolute Gasteiger partial charge is 0.311 e. The second-order valence-corrected chi connectivity index (χ2v) is 32.6. The van der Waals surface area contributed by atoms with E-state index >= 15 is 0 Å². The van der Waals surface area contributed by atoms with E-state index < -0.39 is 0 Å². The third kappa shape index (κ3) is 11.3. The molecule has 2 nitrogen and oxygen atoms in total. The highest BCUT2D eigenvalue weighted by Crippen LogP contribution is 2.52. The van der Waals surface area contributed by atoms with Crippen LogP contribution in [0.5, 0.6) is 0 Å². The number of nitrogens with zero attached hydrogens (tertiary/aromatic N) is 2. The highest BCUT2D eigenvalue weighted by molar-refractivity contribution is 7.00. The molecule has 556 valence electrons. The molecular weight excluding hydrogens is 1440 g/mol. The number of rotatable bonds is 11. The zero-order chi connectivity index (χ0) is 79.0. The molecule has 0 unspecified atom stereocenters. The Morgan fingerprint density at radius 1 is 0.167 bits per heavy atom. The summed E-state index contributed by atoms with van der Waals surface area (Å²) in [6.07, 6.45) is 0. The number of aryl methyl sites for hydroxylation is 1. The van der Waals surface area contributed by atoms with Gasteiger partial charge in [0.2, 0.25) is 0 Å². The molecule has 2 heterocycles. The highest BCUT2D eigenvalue weighted by atomic mass is 15.2. The van der Waals surface area contributed by atoms with Gasteiger partial charge in [-0.15, -0.1) is 0 Å². The molecule has 22 aromatic carbocycles. The van der Waals surface area contributed by atoms with Gasteiger partial charge in [0.1, 0.15) is 0 Å². The Hall–Kier alpha value is -15.4. The molecule has 0 saturated heterocycles. The number of hydrogen-bond donors (Lipinski definition) is 0. The van der Waals surface area contributed by atoms with Gasteiger partial charge >= 0.3 is 0 Å². The predicted molar refractivity (Wildman–Crippen MR) is 514 cm³/mol. The van der Waals surface area contributed by atoms with Crippen molar-refractivity contribution in [3.63, 3.8) is 0 Å². The molecule has 0 aromatic heterocycles. The van der Waals surface area contributed by atoms with Crippen LogP contribution in [-0.4, -0.2) is 6.71 Å². The van der Waals surface area contributed by atoms with Gasteiger partial charge in [-0.3, -0.25) is 0 Å². The zero-order valence-corrected chi connectivity index (χ0v) is 66.0. The molecule has 22 aromatic rings. The Morgan fingerprint density at radius 2 is 0.458 bits per heavy atom. The SMILES string of the molecule is Cc1cc(N2c3ccc(-c4cc5ccccc5cc4-c4cccc5ccccc45)cc3B3c4cc(-c5cc6ccccc6cc5-c5cccc6ccccc56)ccc4N(c4ccc(-c5cc6ccccc6cc5-c5cccc6ccccc56)cc4)c4cc(-c5ccccc5)cc2c43)ccc1-c1cc2ccccc2cc1-c1cccc2ccccc12. The number of anilines is 6. The molecule has 3 heteroatoms. The van der Waals surface area contributed by atoms with E-state index in [4.69, 9.17) is 0 Å². The van der Waals surface area contributed by atoms with Crippen LogP contribution in [0, 0.1) is 6.92 Å². The predicted octanol–water partition coefficient (Wildman–Crippen LogP) is 30.3. The summed E-state index contributed by atoms with van der Waals surface area (Å²) in [7, 11) is 0. The maximum absolute atomic E-state index is 2.63. The Morgan fingerprint density at radius 3 is 0.833 bits per heavy atom. The van der Waals surface area contributed by atoms with Crippen molar-refractivity contribution in [1.29, 1.82) is 0 Å². The highest BCUT2D eigenvalue weighted by Gasteiger charge is 2.45. The summed E-state index contributed by atoms with van der Waals surface area (Å²) in [6, 6.07) is 165. The minimum atomic E-state index is -0.290.